The van der Waals surface area contributed by atoms with Crippen molar-refractivity contribution in [1.82, 2.24) is 0 Å². The zero-order valence-electron chi connectivity index (χ0n) is 6.22. The van der Waals surface area contributed by atoms with Crippen molar-refractivity contribution in [2.45, 2.75) is 26.9 Å². The van der Waals surface area contributed by atoms with Gasteiger partial charge in [-0.25, -0.2) is 0 Å². The van der Waals surface area contributed by atoms with Crippen LogP contribution in [-0.2, 0) is 4.74 Å². The Morgan fingerprint density at radius 3 is 2.33 bits per heavy atom. The predicted molar refractivity (Wildman–Crippen MR) is 35.9 cm³/mol. The third kappa shape index (κ3) is 5.32. The van der Waals surface area contributed by atoms with Gasteiger partial charge >= 0.3 is 0 Å². The first-order valence-electron chi connectivity index (χ1n) is 3.18. The summed E-state index contributed by atoms with van der Waals surface area (Å²) in [5, 5.41) is 8.32. The summed E-state index contributed by atoms with van der Waals surface area (Å²) in [6, 6.07) is 2.10. The Kier molecular flexibility index (Phi) is 4.08. The van der Waals surface area contributed by atoms with Crippen LogP contribution in [0.15, 0.2) is 0 Å². The van der Waals surface area contributed by atoms with E-state index in [9.17, 15) is 0 Å². The van der Waals surface area contributed by atoms with Gasteiger partial charge in [0.2, 0.25) is 0 Å². The Balaban J connectivity index is 3.19. The monoisotopic (exact) mass is 127 g/mol. The average Bonchev–Trinajstić information content (AvgIpc) is 1.83. The van der Waals surface area contributed by atoms with Gasteiger partial charge in [-0.1, -0.05) is 0 Å². The van der Waals surface area contributed by atoms with Crippen LogP contribution >= 0.6 is 0 Å². The van der Waals surface area contributed by atoms with Crippen molar-refractivity contribution in [3.8, 4) is 6.07 Å². The van der Waals surface area contributed by atoms with Gasteiger partial charge in [0.1, 0.15) is 0 Å². The summed E-state index contributed by atoms with van der Waals surface area (Å²) in [7, 11) is 0. The fourth-order valence-corrected chi connectivity index (χ4v) is 0.374. The molecule has 1 unspecified atom stereocenters. The van der Waals surface area contributed by atoms with E-state index in [0.717, 1.165) is 0 Å². The lowest BCUT2D eigenvalue weighted by atomic mass is 10.2. The highest BCUT2D eigenvalue weighted by atomic mass is 16.5. The maximum Gasteiger partial charge on any atom is 0.0677 e. The second-order valence-electron chi connectivity index (χ2n) is 2.41. The van der Waals surface area contributed by atoms with E-state index < -0.39 is 0 Å². The molecular weight excluding hydrogens is 114 g/mol. The highest BCUT2D eigenvalue weighted by molar-refractivity contribution is 4.77. The molecule has 0 aliphatic heterocycles. The normalized spacial score (nSPS) is 13.2. The van der Waals surface area contributed by atoms with Crippen LogP contribution in [0, 0.1) is 17.2 Å². The van der Waals surface area contributed by atoms with E-state index in [2.05, 4.69) is 6.07 Å². The minimum atomic E-state index is 0.0207. The van der Waals surface area contributed by atoms with E-state index in [0.29, 0.717) is 6.61 Å². The SMILES string of the molecule is CC(C#N)COC(C)C. The van der Waals surface area contributed by atoms with E-state index in [1.165, 1.54) is 0 Å². The van der Waals surface area contributed by atoms with Crippen LogP contribution in [-0.4, -0.2) is 12.7 Å². The van der Waals surface area contributed by atoms with E-state index in [4.69, 9.17) is 10.00 Å². The summed E-state index contributed by atoms with van der Waals surface area (Å²) in [5.74, 6) is 0.0207. The lowest BCUT2D eigenvalue weighted by Gasteiger charge is -2.07. The fourth-order valence-electron chi connectivity index (χ4n) is 0.374. The molecule has 0 aromatic heterocycles. The topological polar surface area (TPSA) is 33.0 Å². The molecule has 0 saturated carbocycles. The molecule has 0 saturated heterocycles. The molecule has 0 bridgehead atoms. The number of rotatable bonds is 3. The first-order valence-corrected chi connectivity index (χ1v) is 3.18. The summed E-state index contributed by atoms with van der Waals surface area (Å²) >= 11 is 0. The summed E-state index contributed by atoms with van der Waals surface area (Å²) in [5.41, 5.74) is 0. The molecule has 0 rings (SSSR count). The Bertz CT molecular complexity index is 104. The second kappa shape index (κ2) is 4.34. The number of nitrogens with zero attached hydrogens (tertiary/aromatic N) is 1. The molecule has 0 radical (unpaired) electrons. The summed E-state index contributed by atoms with van der Waals surface area (Å²) < 4.78 is 5.17. The molecule has 0 fully saturated rings. The Morgan fingerprint density at radius 2 is 2.00 bits per heavy atom. The van der Waals surface area contributed by atoms with Crippen LogP contribution in [0.1, 0.15) is 20.8 Å². The molecule has 9 heavy (non-hydrogen) atoms. The largest absolute Gasteiger partial charge is 0.377 e. The van der Waals surface area contributed by atoms with Crippen LogP contribution < -0.4 is 0 Å². The highest BCUT2D eigenvalue weighted by Gasteiger charge is 1.99. The quantitative estimate of drug-likeness (QED) is 0.576. The van der Waals surface area contributed by atoms with Gasteiger partial charge in [-0.3, -0.25) is 0 Å². The van der Waals surface area contributed by atoms with Crippen molar-refractivity contribution in [2.75, 3.05) is 6.61 Å². The Morgan fingerprint density at radius 1 is 1.44 bits per heavy atom. The molecule has 1 atom stereocenters. The van der Waals surface area contributed by atoms with Crippen LogP contribution in [0.2, 0.25) is 0 Å². The number of ether oxygens (including phenoxy) is 1. The van der Waals surface area contributed by atoms with Crippen LogP contribution in [0.3, 0.4) is 0 Å². The van der Waals surface area contributed by atoms with E-state index in [-0.39, 0.29) is 12.0 Å². The Hall–Kier alpha value is -0.550. The molecule has 0 aliphatic carbocycles. The van der Waals surface area contributed by atoms with Crippen LogP contribution in [0.4, 0.5) is 0 Å². The molecule has 52 valence electrons. The van der Waals surface area contributed by atoms with Gasteiger partial charge in [0.25, 0.3) is 0 Å². The lowest BCUT2D eigenvalue weighted by Crippen LogP contribution is -2.09. The third-order valence-corrected chi connectivity index (χ3v) is 0.900. The molecule has 0 N–H and O–H groups in total. The van der Waals surface area contributed by atoms with Crippen molar-refractivity contribution >= 4 is 0 Å². The van der Waals surface area contributed by atoms with E-state index in [1.54, 1.807) is 0 Å². The molecule has 0 aromatic carbocycles. The van der Waals surface area contributed by atoms with Crippen molar-refractivity contribution in [3.63, 3.8) is 0 Å². The molecule has 0 heterocycles. The average molecular weight is 127 g/mol. The summed E-state index contributed by atoms with van der Waals surface area (Å²) in [4.78, 5) is 0. The first kappa shape index (κ1) is 8.45. The standard InChI is InChI=1S/C7H13NO/c1-6(2)9-5-7(3)4-8/h6-7H,5H2,1-3H3. The first-order chi connectivity index (χ1) is 4.16. The van der Waals surface area contributed by atoms with Crippen LogP contribution in [0.25, 0.3) is 0 Å². The van der Waals surface area contributed by atoms with Crippen molar-refractivity contribution in [2.24, 2.45) is 5.92 Å². The predicted octanol–water partition coefficient (Wildman–Crippen LogP) is 1.57. The number of hydrogen-bond acceptors (Lipinski definition) is 2. The summed E-state index contributed by atoms with van der Waals surface area (Å²) in [6.45, 7) is 6.32. The summed E-state index contributed by atoms with van der Waals surface area (Å²) in [6.07, 6.45) is 0.237. The van der Waals surface area contributed by atoms with Gasteiger partial charge in [0, 0.05) is 0 Å². The van der Waals surface area contributed by atoms with E-state index in [1.807, 2.05) is 20.8 Å². The van der Waals surface area contributed by atoms with Gasteiger partial charge in [-0.05, 0) is 20.8 Å². The van der Waals surface area contributed by atoms with Crippen molar-refractivity contribution in [1.29, 1.82) is 5.26 Å². The smallest absolute Gasteiger partial charge is 0.0677 e. The molecule has 0 spiro atoms. The van der Waals surface area contributed by atoms with Gasteiger partial charge in [-0.2, -0.15) is 5.26 Å². The molecule has 0 aliphatic rings. The molecule has 0 aromatic rings. The van der Waals surface area contributed by atoms with E-state index >= 15 is 0 Å². The van der Waals surface area contributed by atoms with Gasteiger partial charge < -0.3 is 4.74 Å². The third-order valence-electron chi connectivity index (χ3n) is 0.900. The van der Waals surface area contributed by atoms with Gasteiger partial charge in [0.15, 0.2) is 0 Å². The lowest BCUT2D eigenvalue weighted by molar-refractivity contribution is 0.0661. The number of hydrogen-bond donors (Lipinski definition) is 0. The van der Waals surface area contributed by atoms with Crippen LogP contribution in [0.5, 0.6) is 0 Å². The van der Waals surface area contributed by atoms with Gasteiger partial charge in [0.05, 0.1) is 24.7 Å². The zero-order valence-corrected chi connectivity index (χ0v) is 6.22. The Labute approximate surface area is 56.4 Å². The highest BCUT2D eigenvalue weighted by Crippen LogP contribution is 1.95. The molecule has 0 amide bonds. The molecule has 2 nitrogen and oxygen atoms in total. The van der Waals surface area contributed by atoms with Crippen molar-refractivity contribution < 1.29 is 4.74 Å². The molecular formula is C7H13NO. The fraction of sp³-hybridized carbons (Fsp3) is 0.857. The molecule has 2 heteroatoms. The zero-order chi connectivity index (χ0) is 7.28. The van der Waals surface area contributed by atoms with Crippen molar-refractivity contribution in [3.05, 3.63) is 0 Å². The maximum absolute atomic E-state index is 8.32. The minimum Gasteiger partial charge on any atom is -0.377 e. The second-order valence-corrected chi connectivity index (χ2v) is 2.41. The van der Waals surface area contributed by atoms with Gasteiger partial charge in [-0.15, -0.1) is 0 Å². The minimum absolute atomic E-state index is 0.0207. The maximum atomic E-state index is 8.32. The number of nitriles is 1.